The normalized spacial score (nSPS) is 17.3. The summed E-state index contributed by atoms with van der Waals surface area (Å²) in [5.41, 5.74) is 0.798. The van der Waals surface area contributed by atoms with Crippen molar-refractivity contribution in [2.75, 3.05) is 6.54 Å². The number of carbonyl (C=O) groups excluding carboxylic acids is 4. The number of ketones is 1. The summed E-state index contributed by atoms with van der Waals surface area (Å²) in [7, 11) is 0. The molecule has 35 heavy (non-hydrogen) atoms. The molecule has 0 aliphatic carbocycles. The van der Waals surface area contributed by atoms with Crippen molar-refractivity contribution in [3.8, 4) is 0 Å². The Morgan fingerprint density at radius 3 is 2.31 bits per heavy atom. The molecule has 2 N–H and O–H groups in total. The number of imide groups is 1. The van der Waals surface area contributed by atoms with Gasteiger partial charge in [-0.25, -0.2) is 9.18 Å². The monoisotopic (exact) mass is 473 g/mol. The van der Waals surface area contributed by atoms with E-state index in [1.54, 1.807) is 24.3 Å². The molecule has 4 rings (SSSR count). The van der Waals surface area contributed by atoms with Gasteiger partial charge in [0.1, 0.15) is 11.4 Å². The Labute approximate surface area is 201 Å². The van der Waals surface area contributed by atoms with Crippen LogP contribution in [0.5, 0.6) is 0 Å². The number of benzene rings is 3. The highest BCUT2D eigenvalue weighted by Crippen LogP contribution is 2.29. The highest BCUT2D eigenvalue weighted by Gasteiger charge is 2.49. The average molecular weight is 474 g/mol. The lowest BCUT2D eigenvalue weighted by molar-refractivity contribution is -0.134. The third-order valence-corrected chi connectivity index (χ3v) is 5.98. The van der Waals surface area contributed by atoms with Gasteiger partial charge in [-0.3, -0.25) is 19.3 Å². The first-order valence-electron chi connectivity index (χ1n) is 11.1. The second-order valence-electron chi connectivity index (χ2n) is 8.49. The summed E-state index contributed by atoms with van der Waals surface area (Å²) in [4.78, 5) is 52.0. The quantitative estimate of drug-likeness (QED) is 0.491. The molecule has 4 amide bonds. The van der Waals surface area contributed by atoms with Crippen molar-refractivity contribution >= 4 is 23.6 Å². The van der Waals surface area contributed by atoms with E-state index in [2.05, 4.69) is 10.6 Å². The minimum atomic E-state index is -1.40. The van der Waals surface area contributed by atoms with E-state index < -0.39 is 35.6 Å². The molecule has 1 heterocycles. The topological polar surface area (TPSA) is 95.6 Å². The Hall–Kier alpha value is -4.33. The predicted octanol–water partition coefficient (Wildman–Crippen LogP) is 3.33. The SMILES string of the molecule is CC1(c2ccc(F)cc2)NC(=O)N(CC(=O)Cc2ccccc2C(=O)NCc2ccccc2)C1=O. The molecule has 0 spiro atoms. The van der Waals surface area contributed by atoms with Gasteiger partial charge in [-0.05, 0) is 41.8 Å². The number of nitrogens with zero attached hydrogens (tertiary/aromatic N) is 1. The van der Waals surface area contributed by atoms with Crippen molar-refractivity contribution in [3.63, 3.8) is 0 Å². The molecule has 0 bridgehead atoms. The van der Waals surface area contributed by atoms with Crippen molar-refractivity contribution in [1.29, 1.82) is 0 Å². The zero-order valence-electron chi connectivity index (χ0n) is 19.1. The number of nitrogens with one attached hydrogen (secondary N) is 2. The zero-order chi connectivity index (χ0) is 25.0. The Morgan fingerprint density at radius 1 is 0.943 bits per heavy atom. The molecule has 1 aliphatic rings. The third kappa shape index (κ3) is 5.11. The lowest BCUT2D eigenvalue weighted by atomic mass is 9.92. The molecule has 1 aliphatic heterocycles. The summed E-state index contributed by atoms with van der Waals surface area (Å²) < 4.78 is 13.3. The highest BCUT2D eigenvalue weighted by molar-refractivity contribution is 6.09. The minimum absolute atomic E-state index is 0.126. The van der Waals surface area contributed by atoms with E-state index in [1.807, 2.05) is 30.3 Å². The van der Waals surface area contributed by atoms with Crippen LogP contribution in [-0.4, -0.2) is 35.1 Å². The largest absolute Gasteiger partial charge is 0.348 e. The second kappa shape index (κ2) is 9.89. The fourth-order valence-corrected chi connectivity index (χ4v) is 4.03. The van der Waals surface area contributed by atoms with E-state index in [0.29, 0.717) is 23.2 Å². The predicted molar refractivity (Wildman–Crippen MR) is 127 cm³/mol. The van der Waals surface area contributed by atoms with Gasteiger partial charge in [-0.15, -0.1) is 0 Å². The van der Waals surface area contributed by atoms with Crippen LogP contribution in [0.2, 0.25) is 0 Å². The number of amides is 4. The van der Waals surface area contributed by atoms with Crippen LogP contribution in [0.3, 0.4) is 0 Å². The van der Waals surface area contributed by atoms with E-state index >= 15 is 0 Å². The van der Waals surface area contributed by atoms with Gasteiger partial charge in [-0.2, -0.15) is 0 Å². The van der Waals surface area contributed by atoms with Crippen molar-refractivity contribution < 1.29 is 23.6 Å². The van der Waals surface area contributed by atoms with E-state index in [1.165, 1.54) is 31.2 Å². The maximum Gasteiger partial charge on any atom is 0.325 e. The molecule has 0 aromatic heterocycles. The Balaban J connectivity index is 1.43. The summed E-state index contributed by atoms with van der Waals surface area (Å²) in [6.07, 6.45) is -0.126. The maximum atomic E-state index is 13.3. The summed E-state index contributed by atoms with van der Waals surface area (Å²) >= 11 is 0. The number of urea groups is 1. The third-order valence-electron chi connectivity index (χ3n) is 5.98. The average Bonchev–Trinajstić information content (AvgIpc) is 3.07. The number of carbonyl (C=O) groups is 4. The smallest absolute Gasteiger partial charge is 0.325 e. The molecule has 178 valence electrons. The van der Waals surface area contributed by atoms with Crippen LogP contribution in [-0.2, 0) is 28.1 Å². The van der Waals surface area contributed by atoms with Gasteiger partial charge in [0.25, 0.3) is 11.8 Å². The summed E-state index contributed by atoms with van der Waals surface area (Å²) in [5.74, 6) is -1.79. The Kier molecular flexibility index (Phi) is 6.73. The van der Waals surface area contributed by atoms with Gasteiger partial charge in [0.2, 0.25) is 0 Å². The molecular weight excluding hydrogens is 449 g/mol. The van der Waals surface area contributed by atoms with Gasteiger partial charge in [-0.1, -0.05) is 60.7 Å². The van der Waals surface area contributed by atoms with Gasteiger partial charge in [0, 0.05) is 18.5 Å². The number of rotatable bonds is 8. The fraction of sp³-hybridized carbons (Fsp3) is 0.185. The van der Waals surface area contributed by atoms with Gasteiger partial charge >= 0.3 is 6.03 Å². The maximum absolute atomic E-state index is 13.3. The number of hydrogen-bond acceptors (Lipinski definition) is 4. The van der Waals surface area contributed by atoms with E-state index in [0.717, 1.165) is 10.5 Å². The summed E-state index contributed by atoms with van der Waals surface area (Å²) in [6, 6.07) is 20.7. The van der Waals surface area contributed by atoms with Crippen molar-refractivity contribution in [2.45, 2.75) is 25.4 Å². The van der Waals surface area contributed by atoms with Crippen molar-refractivity contribution in [3.05, 3.63) is 107 Å². The molecule has 1 saturated heterocycles. The van der Waals surface area contributed by atoms with Crippen LogP contribution in [0.15, 0.2) is 78.9 Å². The van der Waals surface area contributed by atoms with E-state index in [-0.39, 0.29) is 12.3 Å². The van der Waals surface area contributed by atoms with Gasteiger partial charge in [0.15, 0.2) is 5.78 Å². The molecule has 3 aromatic carbocycles. The first-order valence-corrected chi connectivity index (χ1v) is 11.1. The van der Waals surface area contributed by atoms with Gasteiger partial charge < -0.3 is 10.6 Å². The standard InChI is InChI=1S/C27H24FN3O4/c1-27(20-11-13-21(28)14-12-20)25(34)31(26(35)30-27)17-22(32)15-19-9-5-6-10-23(19)24(33)29-16-18-7-3-2-4-8-18/h2-14H,15-17H2,1H3,(H,29,33)(H,30,35). The molecular formula is C27H24FN3O4. The summed E-state index contributed by atoms with van der Waals surface area (Å²) in [6.45, 7) is 1.41. The summed E-state index contributed by atoms with van der Waals surface area (Å²) in [5, 5.41) is 5.44. The molecule has 1 fully saturated rings. The van der Waals surface area contributed by atoms with E-state index in [4.69, 9.17) is 0 Å². The molecule has 1 unspecified atom stereocenters. The number of Topliss-reactive ketones (excluding diaryl/α,β-unsaturated/α-hetero) is 1. The molecule has 0 radical (unpaired) electrons. The first-order chi connectivity index (χ1) is 16.8. The lowest BCUT2D eigenvalue weighted by Gasteiger charge is -2.22. The van der Waals surface area contributed by atoms with Crippen LogP contribution in [0.25, 0.3) is 0 Å². The second-order valence-corrected chi connectivity index (χ2v) is 8.49. The van der Waals surface area contributed by atoms with Crippen LogP contribution >= 0.6 is 0 Å². The molecule has 8 heteroatoms. The molecule has 1 atom stereocenters. The van der Waals surface area contributed by atoms with Crippen molar-refractivity contribution in [2.24, 2.45) is 0 Å². The zero-order valence-corrected chi connectivity index (χ0v) is 19.1. The fourth-order valence-electron chi connectivity index (χ4n) is 4.03. The van der Waals surface area contributed by atoms with Crippen LogP contribution in [0.1, 0.15) is 34.0 Å². The van der Waals surface area contributed by atoms with Crippen molar-refractivity contribution in [1.82, 2.24) is 15.5 Å². The molecule has 3 aromatic rings. The molecule has 0 saturated carbocycles. The van der Waals surface area contributed by atoms with Crippen LogP contribution in [0.4, 0.5) is 9.18 Å². The number of halogens is 1. The Morgan fingerprint density at radius 2 is 1.60 bits per heavy atom. The van der Waals surface area contributed by atoms with Crippen LogP contribution in [0, 0.1) is 5.82 Å². The highest BCUT2D eigenvalue weighted by atomic mass is 19.1. The van der Waals surface area contributed by atoms with E-state index in [9.17, 15) is 23.6 Å². The molecule has 7 nitrogen and oxygen atoms in total. The van der Waals surface area contributed by atoms with Crippen LogP contribution < -0.4 is 10.6 Å². The minimum Gasteiger partial charge on any atom is -0.348 e. The number of hydrogen-bond donors (Lipinski definition) is 2. The van der Waals surface area contributed by atoms with Gasteiger partial charge in [0.05, 0.1) is 6.54 Å². The Bertz CT molecular complexity index is 1280. The lowest BCUT2D eigenvalue weighted by Crippen LogP contribution is -2.41. The first kappa shape index (κ1) is 23.8.